The van der Waals surface area contributed by atoms with Crippen LogP contribution in [-0.4, -0.2) is 16.9 Å². The molecule has 15 heavy (non-hydrogen) atoms. The second-order valence-electron chi connectivity index (χ2n) is 3.97. The van der Waals surface area contributed by atoms with Crippen LogP contribution in [0.4, 0.5) is 4.79 Å². The zero-order chi connectivity index (χ0) is 11.5. The molecule has 1 rings (SSSR count). The van der Waals surface area contributed by atoms with Crippen LogP contribution in [0.15, 0.2) is 15.2 Å². The van der Waals surface area contributed by atoms with Crippen LogP contribution < -0.4 is 5.32 Å². The molecule has 0 aliphatic carbocycles. The van der Waals surface area contributed by atoms with Crippen LogP contribution in [0.25, 0.3) is 0 Å². The van der Waals surface area contributed by atoms with E-state index in [9.17, 15) is 4.79 Å². The Bertz CT molecular complexity index is 343. The van der Waals surface area contributed by atoms with E-state index in [2.05, 4.69) is 26.4 Å². The Hall–Kier alpha value is -1.04. The number of amides is 1. The summed E-state index contributed by atoms with van der Waals surface area (Å²) in [5.41, 5.74) is -0.494. The number of ether oxygens (including phenoxy) is 1. The highest BCUT2D eigenvalue weighted by atomic mass is 79.9. The summed E-state index contributed by atoms with van der Waals surface area (Å²) in [4.78, 5) is 11.2. The zero-order valence-electron chi connectivity index (χ0n) is 8.83. The van der Waals surface area contributed by atoms with Crippen molar-refractivity contribution >= 4 is 22.0 Å². The maximum atomic E-state index is 11.2. The summed E-state index contributed by atoms with van der Waals surface area (Å²) in [7, 11) is 0. The first-order valence-electron chi connectivity index (χ1n) is 4.45. The van der Waals surface area contributed by atoms with Gasteiger partial charge in [0.1, 0.15) is 10.2 Å². The molecule has 0 saturated carbocycles. The first kappa shape index (κ1) is 12.0. The second-order valence-corrected chi connectivity index (χ2v) is 4.78. The average Bonchev–Trinajstić information content (AvgIpc) is 2.45. The molecule has 1 amide bonds. The fourth-order valence-electron chi connectivity index (χ4n) is 0.845. The summed E-state index contributed by atoms with van der Waals surface area (Å²) in [6, 6.07) is 1.68. The molecule has 0 aliphatic heterocycles. The van der Waals surface area contributed by atoms with Crippen LogP contribution in [0.1, 0.15) is 26.5 Å². The van der Waals surface area contributed by atoms with Crippen LogP contribution in [0, 0.1) is 0 Å². The van der Waals surface area contributed by atoms with Crippen molar-refractivity contribution in [3.05, 3.63) is 16.4 Å². The molecule has 1 heterocycles. The number of halogens is 1. The molecular weight excluding hydrogens is 264 g/mol. The Balaban J connectivity index is 2.35. The third-order valence-electron chi connectivity index (χ3n) is 1.34. The van der Waals surface area contributed by atoms with Gasteiger partial charge in [0.2, 0.25) is 0 Å². The van der Waals surface area contributed by atoms with Crippen LogP contribution in [-0.2, 0) is 11.3 Å². The van der Waals surface area contributed by atoms with E-state index >= 15 is 0 Å². The van der Waals surface area contributed by atoms with E-state index in [0.717, 1.165) is 0 Å². The smallest absolute Gasteiger partial charge is 0.408 e. The molecular formula is C9H13BrN2O3. The molecule has 0 atom stereocenters. The number of carbonyl (C=O) groups excluding carboxylic acids is 1. The molecule has 0 unspecified atom stereocenters. The lowest BCUT2D eigenvalue weighted by Crippen LogP contribution is -2.32. The van der Waals surface area contributed by atoms with E-state index in [-0.39, 0.29) is 6.54 Å². The minimum atomic E-state index is -0.494. The molecule has 0 aliphatic rings. The van der Waals surface area contributed by atoms with Crippen molar-refractivity contribution in [2.75, 3.05) is 0 Å². The minimum absolute atomic E-state index is 0.257. The molecule has 1 aromatic rings. The maximum absolute atomic E-state index is 11.2. The first-order chi connectivity index (χ1) is 6.87. The minimum Gasteiger partial charge on any atom is -0.444 e. The number of alkyl carbamates (subject to hydrolysis) is 1. The van der Waals surface area contributed by atoms with Crippen LogP contribution in [0.3, 0.4) is 0 Å². The summed E-state index contributed by atoms with van der Waals surface area (Å²) < 4.78 is 10.5. The third-order valence-corrected chi connectivity index (χ3v) is 1.71. The number of aromatic nitrogens is 1. The summed E-state index contributed by atoms with van der Waals surface area (Å²) in [6.45, 7) is 5.67. The van der Waals surface area contributed by atoms with E-state index in [1.807, 2.05) is 0 Å². The van der Waals surface area contributed by atoms with E-state index < -0.39 is 11.7 Å². The quantitative estimate of drug-likeness (QED) is 0.901. The van der Waals surface area contributed by atoms with E-state index in [1.54, 1.807) is 26.8 Å². The molecule has 0 spiro atoms. The predicted molar refractivity (Wildman–Crippen MR) is 57.3 cm³/mol. The summed E-state index contributed by atoms with van der Waals surface area (Å²) >= 11 is 3.14. The van der Waals surface area contributed by atoms with Gasteiger partial charge in [0, 0.05) is 6.07 Å². The number of hydrogen-bond acceptors (Lipinski definition) is 4. The first-order valence-corrected chi connectivity index (χ1v) is 5.24. The highest BCUT2D eigenvalue weighted by Crippen LogP contribution is 2.10. The van der Waals surface area contributed by atoms with Crippen LogP contribution in [0.2, 0.25) is 0 Å². The lowest BCUT2D eigenvalue weighted by molar-refractivity contribution is 0.0519. The molecule has 0 bridgehead atoms. The largest absolute Gasteiger partial charge is 0.444 e. The number of rotatable bonds is 2. The normalized spacial score (nSPS) is 11.2. The molecule has 1 N–H and O–H groups in total. The number of carbonyl (C=O) groups is 1. The Labute approximate surface area is 96.3 Å². The van der Waals surface area contributed by atoms with Crippen molar-refractivity contribution in [2.24, 2.45) is 0 Å². The van der Waals surface area contributed by atoms with Gasteiger partial charge in [-0.1, -0.05) is 5.16 Å². The van der Waals surface area contributed by atoms with Crippen molar-refractivity contribution in [2.45, 2.75) is 32.9 Å². The Morgan fingerprint density at radius 3 is 2.80 bits per heavy atom. The van der Waals surface area contributed by atoms with Gasteiger partial charge in [0.15, 0.2) is 5.76 Å². The SMILES string of the molecule is CC(C)(C)OC(=O)NCc1cc(Br)no1. The molecule has 0 aromatic carbocycles. The van der Waals surface area contributed by atoms with E-state index in [4.69, 9.17) is 9.26 Å². The lowest BCUT2D eigenvalue weighted by atomic mass is 10.2. The number of nitrogens with zero attached hydrogens (tertiary/aromatic N) is 1. The van der Waals surface area contributed by atoms with Gasteiger partial charge in [-0.25, -0.2) is 4.79 Å². The average molecular weight is 277 g/mol. The van der Waals surface area contributed by atoms with Gasteiger partial charge in [-0.05, 0) is 36.7 Å². The van der Waals surface area contributed by atoms with Crippen molar-refractivity contribution in [3.63, 3.8) is 0 Å². The highest BCUT2D eigenvalue weighted by molar-refractivity contribution is 9.10. The van der Waals surface area contributed by atoms with Crippen molar-refractivity contribution in [3.8, 4) is 0 Å². The predicted octanol–water partition coefficient (Wildman–Crippen LogP) is 2.46. The van der Waals surface area contributed by atoms with Gasteiger partial charge in [0.05, 0.1) is 6.54 Å². The Morgan fingerprint density at radius 2 is 2.33 bits per heavy atom. The maximum Gasteiger partial charge on any atom is 0.408 e. The van der Waals surface area contributed by atoms with Gasteiger partial charge < -0.3 is 14.6 Å². The highest BCUT2D eigenvalue weighted by Gasteiger charge is 2.16. The van der Waals surface area contributed by atoms with Gasteiger partial charge in [0.25, 0.3) is 0 Å². The molecule has 1 aromatic heterocycles. The van der Waals surface area contributed by atoms with Gasteiger partial charge in [-0.2, -0.15) is 0 Å². The zero-order valence-corrected chi connectivity index (χ0v) is 10.4. The molecule has 0 saturated heterocycles. The third kappa shape index (κ3) is 4.83. The summed E-state index contributed by atoms with van der Waals surface area (Å²) in [6.07, 6.45) is -0.477. The van der Waals surface area contributed by atoms with Crippen molar-refractivity contribution in [1.29, 1.82) is 0 Å². The summed E-state index contributed by atoms with van der Waals surface area (Å²) in [5, 5.41) is 6.17. The van der Waals surface area contributed by atoms with E-state index in [0.29, 0.717) is 10.4 Å². The van der Waals surface area contributed by atoms with E-state index in [1.165, 1.54) is 0 Å². The summed E-state index contributed by atoms with van der Waals surface area (Å²) in [5.74, 6) is 0.563. The second kappa shape index (κ2) is 4.65. The van der Waals surface area contributed by atoms with Crippen LogP contribution in [0.5, 0.6) is 0 Å². The molecule has 0 radical (unpaired) electrons. The number of hydrogen-bond donors (Lipinski definition) is 1. The number of nitrogens with one attached hydrogen (secondary N) is 1. The lowest BCUT2D eigenvalue weighted by Gasteiger charge is -2.19. The fraction of sp³-hybridized carbons (Fsp3) is 0.556. The standard InChI is InChI=1S/C9H13BrN2O3/c1-9(2,3)14-8(13)11-5-6-4-7(10)12-15-6/h4H,5H2,1-3H3,(H,11,13). The van der Waals surface area contributed by atoms with Gasteiger partial charge >= 0.3 is 6.09 Å². The fourth-order valence-corrected chi connectivity index (χ4v) is 1.17. The van der Waals surface area contributed by atoms with Gasteiger partial charge in [-0.15, -0.1) is 0 Å². The molecule has 84 valence electrons. The molecule has 6 heteroatoms. The van der Waals surface area contributed by atoms with Crippen LogP contribution >= 0.6 is 15.9 Å². The van der Waals surface area contributed by atoms with Gasteiger partial charge in [-0.3, -0.25) is 0 Å². The molecule has 0 fully saturated rings. The Morgan fingerprint density at radius 1 is 1.67 bits per heavy atom. The topological polar surface area (TPSA) is 64.4 Å². The Kier molecular flexibility index (Phi) is 3.73. The van der Waals surface area contributed by atoms with Crippen molar-refractivity contribution < 1.29 is 14.1 Å². The van der Waals surface area contributed by atoms with Crippen molar-refractivity contribution in [1.82, 2.24) is 10.5 Å². The monoisotopic (exact) mass is 276 g/mol. The molecule has 5 nitrogen and oxygen atoms in total.